The van der Waals surface area contributed by atoms with Gasteiger partial charge < -0.3 is 28.2 Å². The first-order valence-corrected chi connectivity index (χ1v) is 24.7. The molecule has 6 atom stereocenters. The summed E-state index contributed by atoms with van der Waals surface area (Å²) in [7, 11) is 0. The van der Waals surface area contributed by atoms with Crippen LogP contribution in [0, 0.1) is 57.3 Å². The SMILES string of the molecule is C=C(C)CC(CCC1CCCC(OCc2nc(-c3ccc(C)cc3)oc2C)C1)C(=O)OC(C)(C)C.Cc1ccc(-c2nc(COC3CCCC(CCC(CC(C)C)C(=O)O)C3)c(C)o2)cc1. The van der Waals surface area contributed by atoms with E-state index in [1.54, 1.807) is 0 Å². The molecule has 2 aromatic carbocycles. The van der Waals surface area contributed by atoms with Crippen molar-refractivity contribution in [3.05, 3.63) is 94.7 Å². The average molecular weight is 909 g/mol. The van der Waals surface area contributed by atoms with Gasteiger partial charge in [-0.3, -0.25) is 9.59 Å². The average Bonchev–Trinajstić information content (AvgIpc) is 3.83. The second-order valence-corrected chi connectivity index (χ2v) is 20.9. The Morgan fingerprint density at radius 1 is 0.727 bits per heavy atom. The van der Waals surface area contributed by atoms with Gasteiger partial charge >= 0.3 is 11.9 Å². The van der Waals surface area contributed by atoms with Gasteiger partial charge in [0.25, 0.3) is 0 Å². The van der Waals surface area contributed by atoms with E-state index in [1.165, 1.54) is 24.0 Å². The molecule has 6 rings (SSSR count). The molecule has 0 saturated heterocycles. The first-order chi connectivity index (χ1) is 31.3. The summed E-state index contributed by atoms with van der Waals surface area (Å²) in [6.07, 6.45) is 14.3. The number of oxazole rings is 2. The van der Waals surface area contributed by atoms with E-state index in [0.29, 0.717) is 49.2 Å². The van der Waals surface area contributed by atoms with Gasteiger partial charge in [-0.2, -0.15) is 0 Å². The van der Waals surface area contributed by atoms with Crippen LogP contribution in [-0.4, -0.2) is 44.8 Å². The monoisotopic (exact) mass is 909 g/mol. The fourth-order valence-corrected chi connectivity index (χ4v) is 9.36. The van der Waals surface area contributed by atoms with E-state index in [9.17, 15) is 14.7 Å². The van der Waals surface area contributed by atoms with Crippen LogP contribution in [0.4, 0.5) is 0 Å². The molecule has 0 radical (unpaired) electrons. The zero-order chi connectivity index (χ0) is 48.0. The second kappa shape index (κ2) is 25.0. The van der Waals surface area contributed by atoms with E-state index in [0.717, 1.165) is 110 Å². The van der Waals surface area contributed by atoms with E-state index >= 15 is 0 Å². The first-order valence-electron chi connectivity index (χ1n) is 24.7. The van der Waals surface area contributed by atoms with Crippen LogP contribution in [0.5, 0.6) is 0 Å². The molecule has 2 saturated carbocycles. The number of carbonyl (C=O) groups is 2. The third-order valence-corrected chi connectivity index (χ3v) is 13.1. The van der Waals surface area contributed by atoms with Crippen LogP contribution in [0.3, 0.4) is 0 Å². The van der Waals surface area contributed by atoms with Crippen LogP contribution < -0.4 is 0 Å². The lowest BCUT2D eigenvalue weighted by atomic mass is 9.81. The molecular formula is C56H80N2O8. The maximum absolute atomic E-state index is 12.7. The topological polar surface area (TPSA) is 134 Å². The molecule has 0 bridgehead atoms. The number of hydrogen-bond acceptors (Lipinski definition) is 9. The van der Waals surface area contributed by atoms with Gasteiger partial charge in [-0.05, 0) is 162 Å². The molecule has 0 spiro atoms. The lowest BCUT2D eigenvalue weighted by Crippen LogP contribution is -2.30. The van der Waals surface area contributed by atoms with Gasteiger partial charge in [0.15, 0.2) is 0 Å². The van der Waals surface area contributed by atoms with E-state index in [4.69, 9.17) is 28.0 Å². The van der Waals surface area contributed by atoms with Crippen LogP contribution in [0.15, 0.2) is 69.5 Å². The highest BCUT2D eigenvalue weighted by molar-refractivity contribution is 5.73. The minimum absolute atomic E-state index is 0.102. The smallest absolute Gasteiger partial charge is 0.309 e. The molecule has 10 nitrogen and oxygen atoms in total. The largest absolute Gasteiger partial charge is 0.481 e. The van der Waals surface area contributed by atoms with Crippen molar-refractivity contribution in [3.8, 4) is 22.9 Å². The molecule has 362 valence electrons. The third kappa shape index (κ3) is 17.3. The number of carbonyl (C=O) groups excluding carboxylic acids is 1. The molecule has 66 heavy (non-hydrogen) atoms. The van der Waals surface area contributed by atoms with Crippen molar-refractivity contribution in [2.24, 2.45) is 29.6 Å². The van der Waals surface area contributed by atoms with Crippen molar-refractivity contribution in [2.75, 3.05) is 0 Å². The predicted octanol–water partition coefficient (Wildman–Crippen LogP) is 14.3. The number of benzene rings is 2. The lowest BCUT2D eigenvalue weighted by molar-refractivity contribution is -0.160. The Morgan fingerprint density at radius 2 is 1.17 bits per heavy atom. The number of aliphatic carboxylic acids is 1. The zero-order valence-corrected chi connectivity index (χ0v) is 41.9. The molecule has 2 aliphatic rings. The Kier molecular flexibility index (Phi) is 19.9. The zero-order valence-electron chi connectivity index (χ0n) is 41.9. The van der Waals surface area contributed by atoms with Crippen molar-refractivity contribution in [2.45, 2.75) is 190 Å². The number of ether oxygens (including phenoxy) is 3. The summed E-state index contributed by atoms with van der Waals surface area (Å²) in [5.41, 5.74) is 6.68. The highest BCUT2D eigenvalue weighted by Gasteiger charge is 2.30. The van der Waals surface area contributed by atoms with Crippen LogP contribution in [0.2, 0.25) is 0 Å². The first kappa shape index (κ1) is 52.4. The lowest BCUT2D eigenvalue weighted by Gasteiger charge is -2.30. The van der Waals surface area contributed by atoms with Gasteiger partial charge in [0.2, 0.25) is 11.8 Å². The van der Waals surface area contributed by atoms with E-state index in [2.05, 4.69) is 63.5 Å². The van der Waals surface area contributed by atoms with E-state index in [-0.39, 0.29) is 30.0 Å². The number of rotatable bonds is 20. The Balaban J connectivity index is 0.000000249. The number of hydrogen-bond donors (Lipinski definition) is 1. The van der Waals surface area contributed by atoms with Crippen LogP contribution >= 0.6 is 0 Å². The molecule has 2 aromatic heterocycles. The Hall–Kier alpha value is -4.54. The highest BCUT2D eigenvalue weighted by Crippen LogP contribution is 2.35. The minimum atomic E-state index is -0.650. The normalized spacial score (nSPS) is 19.7. The van der Waals surface area contributed by atoms with Crippen LogP contribution in [0.25, 0.3) is 22.9 Å². The fraction of sp³-hybridized carbons (Fsp3) is 0.607. The number of nitrogens with zero attached hydrogens (tertiary/aromatic N) is 2. The molecule has 1 N–H and O–H groups in total. The van der Waals surface area contributed by atoms with Gasteiger partial charge in [0, 0.05) is 11.1 Å². The molecular weight excluding hydrogens is 829 g/mol. The summed E-state index contributed by atoms with van der Waals surface area (Å²) in [6, 6.07) is 16.4. The molecule has 0 aliphatic heterocycles. The summed E-state index contributed by atoms with van der Waals surface area (Å²) in [5.74, 6) is 3.34. The summed E-state index contributed by atoms with van der Waals surface area (Å²) >= 11 is 0. The van der Waals surface area contributed by atoms with Crippen molar-refractivity contribution in [1.82, 2.24) is 9.97 Å². The fourth-order valence-electron chi connectivity index (χ4n) is 9.36. The third-order valence-electron chi connectivity index (χ3n) is 13.1. The highest BCUT2D eigenvalue weighted by atomic mass is 16.6. The summed E-state index contributed by atoms with van der Waals surface area (Å²) < 4.78 is 30.0. The number of aryl methyl sites for hydroxylation is 4. The van der Waals surface area contributed by atoms with Gasteiger partial charge in [-0.15, -0.1) is 6.58 Å². The number of allylic oxidation sites excluding steroid dienone is 1. The van der Waals surface area contributed by atoms with Gasteiger partial charge in [-0.1, -0.05) is 80.5 Å². The summed E-state index contributed by atoms with van der Waals surface area (Å²) in [6.45, 7) is 24.9. The molecule has 4 aromatic rings. The molecule has 2 heterocycles. The Morgan fingerprint density at radius 3 is 1.56 bits per heavy atom. The molecule has 10 heteroatoms. The summed E-state index contributed by atoms with van der Waals surface area (Å²) in [5, 5.41) is 9.50. The van der Waals surface area contributed by atoms with Gasteiger partial charge in [0.05, 0.1) is 37.3 Å². The summed E-state index contributed by atoms with van der Waals surface area (Å²) in [4.78, 5) is 33.6. The number of esters is 1. The van der Waals surface area contributed by atoms with Crippen molar-refractivity contribution >= 4 is 11.9 Å². The molecule has 0 amide bonds. The number of carboxylic acids is 1. The Labute approximate surface area is 395 Å². The minimum Gasteiger partial charge on any atom is -0.481 e. The predicted molar refractivity (Wildman–Crippen MR) is 262 cm³/mol. The molecule has 2 aliphatic carbocycles. The Bertz CT molecular complexity index is 2120. The number of aromatic nitrogens is 2. The van der Waals surface area contributed by atoms with Crippen molar-refractivity contribution in [1.29, 1.82) is 0 Å². The molecule has 6 unspecified atom stereocenters. The van der Waals surface area contributed by atoms with Gasteiger partial charge in [-0.25, -0.2) is 9.97 Å². The van der Waals surface area contributed by atoms with Crippen molar-refractivity contribution in [3.63, 3.8) is 0 Å². The quantitative estimate of drug-likeness (QED) is 0.0674. The van der Waals surface area contributed by atoms with Crippen LogP contribution in [0.1, 0.15) is 165 Å². The number of carboxylic acid groups (broad SMARTS) is 1. The van der Waals surface area contributed by atoms with E-state index in [1.807, 2.05) is 65.8 Å². The maximum atomic E-state index is 12.7. The van der Waals surface area contributed by atoms with Gasteiger partial charge in [0.1, 0.15) is 28.5 Å². The standard InChI is InChI=1S/C30H43NO4.C26H37NO4/c1-20(2)17-25(29(32)35-30(5,6)7)16-13-23-9-8-10-26(18-23)33-19-27-22(4)34-28(31-27)24-14-11-21(3)12-15-24;1-17(2)14-22(26(28)29)13-10-20-6-5-7-23(15-20)30-16-24-19(4)31-25(27-24)21-11-8-18(3)9-12-21/h11-12,14-15,23,25-26H,1,8-10,13,16-19H2,2-7H3;8-9,11-12,17,20,22-23H,5-7,10,13-16H2,1-4H3,(H,28,29). The maximum Gasteiger partial charge on any atom is 0.309 e. The second-order valence-electron chi connectivity index (χ2n) is 20.9. The van der Waals surface area contributed by atoms with Crippen molar-refractivity contribution < 1.29 is 37.7 Å². The van der Waals surface area contributed by atoms with E-state index < -0.39 is 11.6 Å². The molecule has 2 fully saturated rings. The van der Waals surface area contributed by atoms with Crippen LogP contribution in [-0.2, 0) is 37.0 Å².